The maximum absolute atomic E-state index is 12.9. The lowest BCUT2D eigenvalue weighted by Crippen LogP contribution is -2.18. The fourth-order valence-corrected chi connectivity index (χ4v) is 2.29. The molecule has 0 amide bonds. The summed E-state index contributed by atoms with van der Waals surface area (Å²) in [4.78, 5) is 2.07. The molecule has 1 N–H and O–H groups in total. The standard InChI is InChI=1S/C17H20FNO/c1-3-17(20)15-6-4-5-7-16(15)19(2)12-13-8-10-14(18)11-9-13/h4-11,17,20H,3,12H2,1-2H3. The first-order chi connectivity index (χ1) is 9.61. The SMILES string of the molecule is CCC(O)c1ccccc1N(C)Cc1ccc(F)cc1. The van der Waals surface area contributed by atoms with E-state index < -0.39 is 6.10 Å². The molecule has 0 spiro atoms. The lowest BCUT2D eigenvalue weighted by atomic mass is 10.0. The number of anilines is 1. The van der Waals surface area contributed by atoms with Crippen LogP contribution in [0.1, 0.15) is 30.6 Å². The summed E-state index contributed by atoms with van der Waals surface area (Å²) in [7, 11) is 1.98. The fraction of sp³-hybridized carbons (Fsp3) is 0.294. The van der Waals surface area contributed by atoms with Crippen molar-refractivity contribution in [2.24, 2.45) is 0 Å². The van der Waals surface area contributed by atoms with Crippen molar-refractivity contribution in [3.05, 3.63) is 65.5 Å². The summed E-state index contributed by atoms with van der Waals surface area (Å²) in [5.74, 6) is -0.224. The predicted molar refractivity (Wildman–Crippen MR) is 80.2 cm³/mol. The lowest BCUT2D eigenvalue weighted by molar-refractivity contribution is 0.174. The largest absolute Gasteiger partial charge is 0.388 e. The van der Waals surface area contributed by atoms with Crippen LogP contribution in [0.25, 0.3) is 0 Å². The molecule has 20 heavy (non-hydrogen) atoms. The molecule has 0 saturated carbocycles. The average Bonchev–Trinajstić information content (AvgIpc) is 2.48. The Labute approximate surface area is 119 Å². The molecule has 0 heterocycles. The summed E-state index contributed by atoms with van der Waals surface area (Å²) < 4.78 is 12.9. The number of hydrogen-bond donors (Lipinski definition) is 1. The molecule has 0 saturated heterocycles. The van der Waals surface area contributed by atoms with Gasteiger partial charge in [0.05, 0.1) is 6.10 Å². The Hall–Kier alpha value is -1.87. The van der Waals surface area contributed by atoms with Gasteiger partial charge in [0.25, 0.3) is 0 Å². The Balaban J connectivity index is 2.20. The topological polar surface area (TPSA) is 23.5 Å². The first-order valence-corrected chi connectivity index (χ1v) is 6.84. The number of aliphatic hydroxyl groups excluding tert-OH is 1. The van der Waals surface area contributed by atoms with Crippen LogP contribution in [-0.2, 0) is 6.54 Å². The van der Waals surface area contributed by atoms with E-state index in [4.69, 9.17) is 0 Å². The molecule has 1 unspecified atom stereocenters. The van der Waals surface area contributed by atoms with Gasteiger partial charge in [0.2, 0.25) is 0 Å². The van der Waals surface area contributed by atoms with E-state index in [9.17, 15) is 9.50 Å². The van der Waals surface area contributed by atoms with Crippen LogP contribution in [0.5, 0.6) is 0 Å². The Morgan fingerprint density at radius 1 is 1.10 bits per heavy atom. The van der Waals surface area contributed by atoms with Crippen LogP contribution in [0, 0.1) is 5.82 Å². The minimum absolute atomic E-state index is 0.224. The van der Waals surface area contributed by atoms with Gasteiger partial charge < -0.3 is 10.0 Å². The van der Waals surface area contributed by atoms with Crippen LogP contribution in [-0.4, -0.2) is 12.2 Å². The molecule has 106 valence electrons. The van der Waals surface area contributed by atoms with Crippen LogP contribution >= 0.6 is 0 Å². The second-order valence-corrected chi connectivity index (χ2v) is 4.97. The molecule has 0 radical (unpaired) electrons. The van der Waals surface area contributed by atoms with Crippen molar-refractivity contribution >= 4 is 5.69 Å². The molecule has 0 aliphatic rings. The minimum Gasteiger partial charge on any atom is -0.388 e. The number of aliphatic hydroxyl groups is 1. The van der Waals surface area contributed by atoms with Gasteiger partial charge in [0.15, 0.2) is 0 Å². The molecular weight excluding hydrogens is 253 g/mol. The Morgan fingerprint density at radius 3 is 2.40 bits per heavy atom. The average molecular weight is 273 g/mol. The van der Waals surface area contributed by atoms with Gasteiger partial charge in [-0.15, -0.1) is 0 Å². The molecule has 0 aliphatic carbocycles. The predicted octanol–water partition coefficient (Wildman–Crippen LogP) is 3.91. The highest BCUT2D eigenvalue weighted by Gasteiger charge is 2.13. The molecule has 2 aromatic carbocycles. The number of hydrogen-bond acceptors (Lipinski definition) is 2. The summed E-state index contributed by atoms with van der Waals surface area (Å²) >= 11 is 0. The number of halogens is 1. The highest BCUT2D eigenvalue weighted by molar-refractivity contribution is 5.54. The minimum atomic E-state index is -0.457. The third kappa shape index (κ3) is 3.36. The van der Waals surface area contributed by atoms with E-state index in [1.807, 2.05) is 38.2 Å². The van der Waals surface area contributed by atoms with Gasteiger partial charge in [-0.3, -0.25) is 0 Å². The number of rotatable bonds is 5. The lowest BCUT2D eigenvalue weighted by Gasteiger charge is -2.24. The molecule has 2 nitrogen and oxygen atoms in total. The summed E-state index contributed by atoms with van der Waals surface area (Å²) in [5, 5.41) is 10.1. The van der Waals surface area contributed by atoms with Gasteiger partial charge in [-0.25, -0.2) is 4.39 Å². The smallest absolute Gasteiger partial charge is 0.123 e. The second kappa shape index (κ2) is 6.53. The van der Waals surface area contributed by atoms with Gasteiger partial charge in [0, 0.05) is 24.8 Å². The van der Waals surface area contributed by atoms with E-state index in [2.05, 4.69) is 4.90 Å². The number of para-hydroxylation sites is 1. The first-order valence-electron chi connectivity index (χ1n) is 6.84. The van der Waals surface area contributed by atoms with Crippen molar-refractivity contribution in [2.45, 2.75) is 26.0 Å². The van der Waals surface area contributed by atoms with Crippen LogP contribution in [0.2, 0.25) is 0 Å². The molecule has 1 atom stereocenters. The molecule has 2 rings (SSSR count). The Morgan fingerprint density at radius 2 is 1.75 bits per heavy atom. The monoisotopic (exact) mass is 273 g/mol. The van der Waals surface area contributed by atoms with Gasteiger partial charge in [-0.1, -0.05) is 37.3 Å². The van der Waals surface area contributed by atoms with E-state index >= 15 is 0 Å². The normalized spacial score (nSPS) is 12.2. The summed E-state index contributed by atoms with van der Waals surface area (Å²) in [6, 6.07) is 14.3. The Bertz CT molecular complexity index is 553. The molecule has 0 aromatic heterocycles. The Kier molecular flexibility index (Phi) is 4.74. The molecule has 0 aliphatic heterocycles. The van der Waals surface area contributed by atoms with Gasteiger partial charge in [-0.05, 0) is 30.2 Å². The van der Waals surface area contributed by atoms with Gasteiger partial charge in [0.1, 0.15) is 5.82 Å². The maximum atomic E-state index is 12.9. The van der Waals surface area contributed by atoms with Crippen molar-refractivity contribution in [1.82, 2.24) is 0 Å². The highest BCUT2D eigenvalue weighted by Crippen LogP contribution is 2.28. The van der Waals surface area contributed by atoms with Gasteiger partial charge >= 0.3 is 0 Å². The quantitative estimate of drug-likeness (QED) is 0.893. The first kappa shape index (κ1) is 14.5. The summed E-state index contributed by atoms with van der Waals surface area (Å²) in [6.07, 6.45) is 0.225. The third-order valence-corrected chi connectivity index (χ3v) is 3.43. The zero-order chi connectivity index (χ0) is 14.5. The van der Waals surface area contributed by atoms with Crippen LogP contribution in [0.4, 0.5) is 10.1 Å². The van der Waals surface area contributed by atoms with Crippen molar-refractivity contribution in [1.29, 1.82) is 0 Å². The van der Waals surface area contributed by atoms with E-state index in [0.29, 0.717) is 13.0 Å². The van der Waals surface area contributed by atoms with Crippen molar-refractivity contribution < 1.29 is 9.50 Å². The van der Waals surface area contributed by atoms with E-state index in [1.54, 1.807) is 12.1 Å². The molecule has 3 heteroatoms. The van der Waals surface area contributed by atoms with Crippen molar-refractivity contribution in [3.8, 4) is 0 Å². The van der Waals surface area contributed by atoms with E-state index in [0.717, 1.165) is 16.8 Å². The molecule has 0 bridgehead atoms. The van der Waals surface area contributed by atoms with E-state index in [-0.39, 0.29) is 5.82 Å². The maximum Gasteiger partial charge on any atom is 0.123 e. The summed E-state index contributed by atoms with van der Waals surface area (Å²) in [6.45, 7) is 2.63. The molecule has 0 fully saturated rings. The zero-order valence-corrected chi connectivity index (χ0v) is 11.9. The second-order valence-electron chi connectivity index (χ2n) is 4.97. The third-order valence-electron chi connectivity index (χ3n) is 3.43. The number of nitrogens with zero attached hydrogens (tertiary/aromatic N) is 1. The van der Waals surface area contributed by atoms with Crippen molar-refractivity contribution in [3.63, 3.8) is 0 Å². The summed E-state index contributed by atoms with van der Waals surface area (Å²) in [5.41, 5.74) is 2.97. The van der Waals surface area contributed by atoms with Crippen LogP contribution < -0.4 is 4.90 Å². The van der Waals surface area contributed by atoms with E-state index in [1.165, 1.54) is 12.1 Å². The van der Waals surface area contributed by atoms with Crippen molar-refractivity contribution in [2.75, 3.05) is 11.9 Å². The molecule has 2 aromatic rings. The van der Waals surface area contributed by atoms with Gasteiger partial charge in [-0.2, -0.15) is 0 Å². The van der Waals surface area contributed by atoms with Crippen LogP contribution in [0.3, 0.4) is 0 Å². The van der Waals surface area contributed by atoms with Crippen LogP contribution in [0.15, 0.2) is 48.5 Å². The molecular formula is C17H20FNO. The fourth-order valence-electron chi connectivity index (χ4n) is 2.29. The zero-order valence-electron chi connectivity index (χ0n) is 11.9. The highest BCUT2D eigenvalue weighted by atomic mass is 19.1. The number of benzene rings is 2.